The molecule has 0 aromatic heterocycles. The second kappa shape index (κ2) is 9.15. The summed E-state index contributed by atoms with van der Waals surface area (Å²) >= 11 is 0. The lowest BCUT2D eigenvalue weighted by Crippen LogP contribution is -2.17. The highest BCUT2D eigenvalue weighted by atomic mass is 19.1. The Balaban J connectivity index is 1.49. The molecular formula is C25H21FN2O2. The van der Waals surface area contributed by atoms with Crippen LogP contribution in [0.1, 0.15) is 29.5 Å². The van der Waals surface area contributed by atoms with Crippen LogP contribution in [0, 0.1) is 17.7 Å². The van der Waals surface area contributed by atoms with Gasteiger partial charge in [0.2, 0.25) is 0 Å². The molecule has 1 aliphatic heterocycles. The summed E-state index contributed by atoms with van der Waals surface area (Å²) in [6, 6.07) is 19.8. The first-order valence-corrected chi connectivity index (χ1v) is 9.84. The Morgan fingerprint density at radius 3 is 2.37 bits per heavy atom. The van der Waals surface area contributed by atoms with Gasteiger partial charge in [-0.05, 0) is 61.4 Å². The fourth-order valence-corrected chi connectivity index (χ4v) is 3.29. The molecule has 4 nitrogen and oxygen atoms in total. The van der Waals surface area contributed by atoms with Crippen LogP contribution >= 0.6 is 0 Å². The highest BCUT2D eigenvalue weighted by Gasteiger charge is 2.11. The number of hydrogen-bond donors (Lipinski definition) is 1. The van der Waals surface area contributed by atoms with Crippen LogP contribution in [0.5, 0.6) is 11.5 Å². The molecule has 150 valence electrons. The van der Waals surface area contributed by atoms with Crippen LogP contribution in [0.25, 0.3) is 0 Å². The molecule has 3 aromatic carbocycles. The Morgan fingerprint density at radius 2 is 1.63 bits per heavy atom. The molecule has 4 rings (SSSR count). The second-order valence-electron chi connectivity index (χ2n) is 7.03. The Labute approximate surface area is 175 Å². The van der Waals surface area contributed by atoms with Gasteiger partial charge in [-0.2, -0.15) is 0 Å². The van der Waals surface area contributed by atoms with Crippen molar-refractivity contribution in [2.24, 2.45) is 5.16 Å². The van der Waals surface area contributed by atoms with Gasteiger partial charge in [0.15, 0.2) is 17.3 Å². The number of oxime groups is 1. The highest BCUT2D eigenvalue weighted by molar-refractivity contribution is 5.84. The van der Waals surface area contributed by atoms with E-state index in [-0.39, 0.29) is 5.56 Å². The average molecular weight is 400 g/mol. The van der Waals surface area contributed by atoms with Crippen molar-refractivity contribution in [3.8, 4) is 23.3 Å². The summed E-state index contributed by atoms with van der Waals surface area (Å²) < 4.78 is 14.1. The molecule has 0 bridgehead atoms. The van der Waals surface area contributed by atoms with Gasteiger partial charge in [0.25, 0.3) is 0 Å². The van der Waals surface area contributed by atoms with E-state index in [0.717, 1.165) is 18.7 Å². The summed E-state index contributed by atoms with van der Waals surface area (Å²) in [5, 5.41) is 13.8. The van der Waals surface area contributed by atoms with Crippen LogP contribution in [0.2, 0.25) is 0 Å². The molecule has 1 N–H and O–H groups in total. The van der Waals surface area contributed by atoms with E-state index >= 15 is 0 Å². The van der Waals surface area contributed by atoms with E-state index in [1.165, 1.54) is 30.8 Å². The number of phenols is 1. The number of hydrogen-bond acceptors (Lipinski definition) is 4. The summed E-state index contributed by atoms with van der Waals surface area (Å²) in [7, 11) is 0. The number of nitrogens with zero attached hydrogens (tertiary/aromatic N) is 2. The van der Waals surface area contributed by atoms with E-state index in [0.29, 0.717) is 11.3 Å². The molecule has 1 aliphatic rings. The minimum absolute atomic E-state index is 0.194. The van der Waals surface area contributed by atoms with Crippen molar-refractivity contribution in [3.05, 3.63) is 89.2 Å². The first-order chi connectivity index (χ1) is 14.7. The quantitative estimate of drug-likeness (QED) is 0.383. The maximum absolute atomic E-state index is 14.1. The van der Waals surface area contributed by atoms with E-state index < -0.39 is 11.6 Å². The lowest BCUT2D eigenvalue weighted by molar-refractivity contribution is 0.343. The van der Waals surface area contributed by atoms with Crippen LogP contribution in [0.3, 0.4) is 0 Å². The van der Waals surface area contributed by atoms with Crippen LogP contribution in [0.15, 0.2) is 71.9 Å². The normalized spacial score (nSPS) is 13.3. The lowest BCUT2D eigenvalue weighted by atomic mass is 10.1. The van der Waals surface area contributed by atoms with Crippen LogP contribution in [-0.2, 0) is 0 Å². The number of rotatable bonds is 4. The maximum Gasteiger partial charge on any atom is 0.166 e. The smallest absolute Gasteiger partial charge is 0.166 e. The first-order valence-electron chi connectivity index (χ1n) is 9.84. The van der Waals surface area contributed by atoms with Crippen LogP contribution in [0.4, 0.5) is 10.1 Å². The van der Waals surface area contributed by atoms with Gasteiger partial charge >= 0.3 is 0 Å². The molecule has 0 atom stereocenters. The zero-order valence-corrected chi connectivity index (χ0v) is 16.4. The Morgan fingerprint density at radius 1 is 0.933 bits per heavy atom. The molecule has 5 heteroatoms. The molecule has 1 fully saturated rings. The summed E-state index contributed by atoms with van der Waals surface area (Å²) in [6.07, 6.45) is 3.73. The fraction of sp³-hybridized carbons (Fsp3) is 0.160. The Kier molecular flexibility index (Phi) is 5.95. The SMILES string of the molecule is Oc1c(F)cc(C#Cc2ccc(N3CCCC3)cc2)cc1C=NOc1ccccc1. The zero-order valence-electron chi connectivity index (χ0n) is 16.4. The minimum Gasteiger partial charge on any atom is -0.504 e. The topological polar surface area (TPSA) is 45.1 Å². The molecular weight excluding hydrogens is 379 g/mol. The van der Waals surface area contributed by atoms with E-state index in [1.54, 1.807) is 18.2 Å². The summed E-state index contributed by atoms with van der Waals surface area (Å²) in [5.41, 5.74) is 2.68. The number of aromatic hydroxyl groups is 1. The van der Waals surface area contributed by atoms with Crippen molar-refractivity contribution in [2.75, 3.05) is 18.0 Å². The van der Waals surface area contributed by atoms with Gasteiger partial charge in [-0.15, -0.1) is 0 Å². The molecule has 1 heterocycles. The molecule has 0 spiro atoms. The van der Waals surface area contributed by atoms with Gasteiger partial charge in [0.1, 0.15) is 0 Å². The van der Waals surface area contributed by atoms with Crippen LogP contribution < -0.4 is 9.74 Å². The highest BCUT2D eigenvalue weighted by Crippen LogP contribution is 2.22. The third kappa shape index (κ3) is 4.79. The van der Waals surface area contributed by atoms with E-state index in [1.807, 2.05) is 30.3 Å². The third-order valence-corrected chi connectivity index (χ3v) is 4.88. The van der Waals surface area contributed by atoms with Gasteiger partial charge in [0, 0.05) is 35.5 Å². The van der Waals surface area contributed by atoms with Gasteiger partial charge in [0.05, 0.1) is 6.21 Å². The second-order valence-corrected chi connectivity index (χ2v) is 7.03. The third-order valence-electron chi connectivity index (χ3n) is 4.88. The minimum atomic E-state index is -0.757. The lowest BCUT2D eigenvalue weighted by Gasteiger charge is -2.17. The van der Waals surface area contributed by atoms with Crippen molar-refractivity contribution in [3.63, 3.8) is 0 Å². The van der Waals surface area contributed by atoms with E-state index in [9.17, 15) is 9.50 Å². The molecule has 0 unspecified atom stereocenters. The number of halogens is 1. The van der Waals surface area contributed by atoms with Crippen molar-refractivity contribution < 1.29 is 14.3 Å². The first kappa shape index (κ1) is 19.5. The molecule has 3 aromatic rings. The summed E-state index contributed by atoms with van der Waals surface area (Å²) in [5.74, 6) is 5.29. The number of phenolic OH excluding ortho intramolecular Hbond substituents is 1. The fourth-order valence-electron chi connectivity index (χ4n) is 3.29. The molecule has 0 saturated carbocycles. The number of benzene rings is 3. The number of anilines is 1. The summed E-state index contributed by atoms with van der Waals surface area (Å²) in [4.78, 5) is 7.58. The average Bonchev–Trinajstić information content (AvgIpc) is 3.31. The summed E-state index contributed by atoms with van der Waals surface area (Å²) in [6.45, 7) is 2.19. The maximum atomic E-state index is 14.1. The van der Waals surface area contributed by atoms with Gasteiger partial charge in [-0.25, -0.2) is 4.39 Å². The van der Waals surface area contributed by atoms with E-state index in [4.69, 9.17) is 4.84 Å². The van der Waals surface area contributed by atoms with Crippen molar-refractivity contribution in [1.82, 2.24) is 0 Å². The monoisotopic (exact) mass is 400 g/mol. The predicted molar refractivity (Wildman–Crippen MR) is 117 cm³/mol. The van der Waals surface area contributed by atoms with Gasteiger partial charge < -0.3 is 14.8 Å². The largest absolute Gasteiger partial charge is 0.504 e. The van der Waals surface area contributed by atoms with Crippen molar-refractivity contribution in [1.29, 1.82) is 0 Å². The van der Waals surface area contributed by atoms with Gasteiger partial charge in [-0.3, -0.25) is 0 Å². The molecule has 0 amide bonds. The van der Waals surface area contributed by atoms with E-state index in [2.05, 4.69) is 34.0 Å². The van der Waals surface area contributed by atoms with Crippen molar-refractivity contribution in [2.45, 2.75) is 12.8 Å². The molecule has 0 radical (unpaired) electrons. The van der Waals surface area contributed by atoms with Crippen LogP contribution in [-0.4, -0.2) is 24.4 Å². The standard InChI is InChI=1S/C25H21FN2O2/c26-24-17-20(9-8-19-10-12-22(13-11-19)28-14-4-5-15-28)16-21(25(24)29)18-27-30-23-6-2-1-3-7-23/h1-3,6-7,10-13,16-18,29H,4-5,14-15H2. The molecule has 1 saturated heterocycles. The number of para-hydroxylation sites is 1. The Bertz CT molecular complexity index is 1090. The Hall–Kier alpha value is -3.78. The predicted octanol–water partition coefficient (Wildman–Crippen LogP) is 4.94. The molecule has 0 aliphatic carbocycles. The van der Waals surface area contributed by atoms with Gasteiger partial charge in [-0.1, -0.05) is 35.2 Å². The van der Waals surface area contributed by atoms with Crippen molar-refractivity contribution >= 4 is 11.9 Å². The zero-order chi connectivity index (χ0) is 20.8. The molecule has 30 heavy (non-hydrogen) atoms.